The van der Waals surface area contributed by atoms with Gasteiger partial charge in [0.2, 0.25) is 0 Å². The molecule has 1 aromatic rings. The second kappa shape index (κ2) is 5.99. The molecule has 0 aliphatic heterocycles. The minimum absolute atomic E-state index is 0.0855. The molecule has 5 heteroatoms. The monoisotopic (exact) mass is 340 g/mol. The van der Waals surface area contributed by atoms with Gasteiger partial charge in [0.1, 0.15) is 0 Å². The maximum Gasteiger partial charge on any atom is 0.323 e. The summed E-state index contributed by atoms with van der Waals surface area (Å²) >= 11 is 0. The fourth-order valence-corrected chi connectivity index (χ4v) is 4.32. The van der Waals surface area contributed by atoms with Crippen molar-refractivity contribution in [3.63, 3.8) is 0 Å². The van der Waals surface area contributed by atoms with E-state index in [-0.39, 0.29) is 24.5 Å². The van der Waals surface area contributed by atoms with Crippen molar-refractivity contribution in [2.75, 3.05) is 14.2 Å². The average molecular weight is 340 g/mol. The zero-order valence-electron chi connectivity index (χ0n) is 14.3. The van der Waals surface area contributed by atoms with E-state index in [0.29, 0.717) is 5.56 Å². The van der Waals surface area contributed by atoms with Crippen LogP contribution in [0.15, 0.2) is 49.1 Å². The third kappa shape index (κ3) is 2.26. The van der Waals surface area contributed by atoms with Crippen molar-refractivity contribution in [2.45, 2.75) is 18.3 Å². The number of carbonyl (C=O) groups excluding carboxylic acids is 3. The van der Waals surface area contributed by atoms with Crippen molar-refractivity contribution < 1.29 is 23.9 Å². The Labute approximate surface area is 146 Å². The van der Waals surface area contributed by atoms with Gasteiger partial charge in [-0.05, 0) is 30.4 Å². The molecule has 130 valence electrons. The van der Waals surface area contributed by atoms with Crippen LogP contribution in [0.25, 0.3) is 0 Å². The molecule has 2 aliphatic rings. The van der Waals surface area contributed by atoms with E-state index in [9.17, 15) is 14.4 Å². The molecule has 0 amide bonds. The SMILES string of the molecule is C=C[C@@H]1CC(C(=O)OC)(C(=O)OC)C[C@]12C=CC(=O)c1ccccc12. The van der Waals surface area contributed by atoms with Gasteiger partial charge < -0.3 is 9.47 Å². The van der Waals surface area contributed by atoms with Gasteiger partial charge >= 0.3 is 11.9 Å². The second-order valence-corrected chi connectivity index (χ2v) is 6.57. The van der Waals surface area contributed by atoms with Crippen LogP contribution in [-0.2, 0) is 24.5 Å². The molecule has 0 unspecified atom stereocenters. The summed E-state index contributed by atoms with van der Waals surface area (Å²) in [7, 11) is 2.52. The number of rotatable bonds is 3. The molecule has 2 atom stereocenters. The van der Waals surface area contributed by atoms with Gasteiger partial charge in [0.05, 0.1) is 14.2 Å². The Balaban J connectivity index is 2.22. The summed E-state index contributed by atoms with van der Waals surface area (Å²) in [6.07, 6.45) is 5.46. The number of ether oxygens (including phenoxy) is 2. The zero-order valence-corrected chi connectivity index (χ0v) is 14.3. The van der Waals surface area contributed by atoms with Crippen LogP contribution >= 0.6 is 0 Å². The van der Waals surface area contributed by atoms with Crippen LogP contribution in [0.2, 0.25) is 0 Å². The van der Waals surface area contributed by atoms with Gasteiger partial charge in [-0.1, -0.05) is 36.4 Å². The van der Waals surface area contributed by atoms with Gasteiger partial charge in [-0.2, -0.15) is 0 Å². The molecular formula is C20H20O5. The largest absolute Gasteiger partial charge is 0.468 e. The number of hydrogen-bond donors (Lipinski definition) is 0. The number of allylic oxidation sites excluding steroid dienone is 3. The van der Waals surface area contributed by atoms with E-state index in [1.165, 1.54) is 20.3 Å². The number of carbonyl (C=O) groups is 3. The Kier molecular flexibility index (Phi) is 4.11. The summed E-state index contributed by atoms with van der Waals surface area (Å²) < 4.78 is 9.86. The molecule has 3 rings (SSSR count). The number of fused-ring (bicyclic) bond motifs is 2. The molecule has 0 radical (unpaired) electrons. The van der Waals surface area contributed by atoms with Crippen molar-refractivity contribution in [3.05, 3.63) is 60.2 Å². The maximum atomic E-state index is 12.6. The molecule has 0 heterocycles. The second-order valence-electron chi connectivity index (χ2n) is 6.57. The summed E-state index contributed by atoms with van der Waals surface area (Å²) in [6.45, 7) is 3.90. The molecule has 1 fully saturated rings. The zero-order chi connectivity index (χ0) is 18.2. The highest BCUT2D eigenvalue weighted by Gasteiger charge is 2.63. The number of esters is 2. The van der Waals surface area contributed by atoms with Crippen LogP contribution in [-0.4, -0.2) is 31.9 Å². The first-order valence-electron chi connectivity index (χ1n) is 8.07. The van der Waals surface area contributed by atoms with E-state index in [0.717, 1.165) is 5.56 Å². The number of benzene rings is 1. The predicted molar refractivity (Wildman–Crippen MR) is 91.0 cm³/mol. The van der Waals surface area contributed by atoms with Gasteiger partial charge in [0.15, 0.2) is 11.2 Å². The Bertz CT molecular complexity index is 775. The van der Waals surface area contributed by atoms with Crippen LogP contribution < -0.4 is 0 Å². The lowest BCUT2D eigenvalue weighted by atomic mass is 9.66. The van der Waals surface area contributed by atoms with E-state index >= 15 is 0 Å². The Morgan fingerprint density at radius 3 is 2.44 bits per heavy atom. The summed E-state index contributed by atoms with van der Waals surface area (Å²) in [6, 6.07) is 7.29. The van der Waals surface area contributed by atoms with Crippen molar-refractivity contribution >= 4 is 17.7 Å². The van der Waals surface area contributed by atoms with Crippen molar-refractivity contribution in [2.24, 2.45) is 11.3 Å². The standard InChI is InChI=1S/C20H20O5/c1-4-13-11-20(17(22)24-2,18(23)25-3)12-19(13)10-9-16(21)14-7-5-6-8-15(14)19/h4-10,13H,1,11-12H2,2-3H3/t13-,19-/m1/s1. The third-order valence-electron chi connectivity index (χ3n) is 5.49. The lowest BCUT2D eigenvalue weighted by molar-refractivity contribution is -0.169. The topological polar surface area (TPSA) is 69.7 Å². The number of methoxy groups -OCH3 is 2. The van der Waals surface area contributed by atoms with Crippen LogP contribution in [0.4, 0.5) is 0 Å². The highest BCUT2D eigenvalue weighted by molar-refractivity contribution is 6.08. The summed E-state index contributed by atoms with van der Waals surface area (Å²) in [5, 5.41) is 0. The molecule has 1 saturated carbocycles. The Morgan fingerprint density at radius 1 is 1.20 bits per heavy atom. The minimum Gasteiger partial charge on any atom is -0.468 e. The normalized spacial score (nSPS) is 26.2. The highest BCUT2D eigenvalue weighted by Crippen LogP contribution is 2.58. The molecule has 0 aromatic heterocycles. The first kappa shape index (κ1) is 17.1. The fourth-order valence-electron chi connectivity index (χ4n) is 4.32. The first-order valence-corrected chi connectivity index (χ1v) is 8.07. The fraction of sp³-hybridized carbons (Fsp3) is 0.350. The molecule has 0 saturated heterocycles. The van der Waals surface area contributed by atoms with Crippen molar-refractivity contribution in [1.82, 2.24) is 0 Å². The van der Waals surface area contributed by atoms with Crippen LogP contribution in [0.5, 0.6) is 0 Å². The molecule has 2 aliphatic carbocycles. The molecular weight excluding hydrogens is 320 g/mol. The first-order chi connectivity index (χ1) is 11.9. The lowest BCUT2D eigenvalue weighted by Crippen LogP contribution is -2.41. The average Bonchev–Trinajstić information content (AvgIpc) is 3.00. The van der Waals surface area contributed by atoms with Gasteiger partial charge in [-0.3, -0.25) is 14.4 Å². The quantitative estimate of drug-likeness (QED) is 0.481. The van der Waals surface area contributed by atoms with E-state index in [2.05, 4.69) is 6.58 Å². The summed E-state index contributed by atoms with van der Waals surface area (Å²) in [4.78, 5) is 37.4. The molecule has 1 aromatic carbocycles. The number of hydrogen-bond acceptors (Lipinski definition) is 5. The van der Waals surface area contributed by atoms with Gasteiger partial charge in [-0.25, -0.2) is 0 Å². The smallest absolute Gasteiger partial charge is 0.323 e. The van der Waals surface area contributed by atoms with Crippen molar-refractivity contribution in [1.29, 1.82) is 0 Å². The molecule has 0 N–H and O–H groups in total. The van der Waals surface area contributed by atoms with E-state index < -0.39 is 22.8 Å². The van der Waals surface area contributed by atoms with Crippen molar-refractivity contribution in [3.8, 4) is 0 Å². The van der Waals surface area contributed by atoms with Crippen LogP contribution in [0, 0.1) is 11.3 Å². The Hall–Kier alpha value is -2.69. The maximum absolute atomic E-state index is 12.6. The van der Waals surface area contributed by atoms with Crippen LogP contribution in [0.3, 0.4) is 0 Å². The molecule has 5 nitrogen and oxygen atoms in total. The predicted octanol–water partition coefficient (Wildman–Crippen LogP) is 2.61. The van der Waals surface area contributed by atoms with E-state index in [4.69, 9.17) is 9.47 Å². The summed E-state index contributed by atoms with van der Waals surface area (Å²) in [5.74, 6) is -1.54. The minimum atomic E-state index is -1.42. The van der Waals surface area contributed by atoms with E-state index in [1.54, 1.807) is 24.3 Å². The van der Waals surface area contributed by atoms with E-state index in [1.807, 2.05) is 12.1 Å². The lowest BCUT2D eigenvalue weighted by Gasteiger charge is -2.36. The highest BCUT2D eigenvalue weighted by atomic mass is 16.5. The van der Waals surface area contributed by atoms with Gasteiger partial charge in [0.25, 0.3) is 0 Å². The molecule has 0 bridgehead atoms. The molecule has 25 heavy (non-hydrogen) atoms. The summed E-state index contributed by atoms with van der Waals surface area (Å²) in [5.41, 5.74) is -0.695. The number of ketones is 1. The van der Waals surface area contributed by atoms with Crippen LogP contribution in [0.1, 0.15) is 28.8 Å². The van der Waals surface area contributed by atoms with Gasteiger partial charge in [0, 0.05) is 11.0 Å². The Morgan fingerprint density at radius 2 is 1.84 bits per heavy atom. The molecule has 1 spiro atoms. The third-order valence-corrected chi connectivity index (χ3v) is 5.49. The van der Waals surface area contributed by atoms with Gasteiger partial charge in [-0.15, -0.1) is 6.58 Å².